The Hall–Kier alpha value is -1.26. The van der Waals surface area contributed by atoms with Crippen LogP contribution in [0.5, 0.6) is 5.75 Å². The van der Waals surface area contributed by atoms with E-state index < -0.39 is 6.10 Å². The summed E-state index contributed by atoms with van der Waals surface area (Å²) in [4.78, 5) is 0. The van der Waals surface area contributed by atoms with Crippen molar-refractivity contribution in [3.63, 3.8) is 0 Å². The van der Waals surface area contributed by atoms with Crippen LogP contribution in [0, 0.1) is 0 Å². The van der Waals surface area contributed by atoms with E-state index in [1.54, 1.807) is 0 Å². The first-order valence-electron chi connectivity index (χ1n) is 7.62. The van der Waals surface area contributed by atoms with E-state index in [1.807, 2.05) is 52.0 Å². The van der Waals surface area contributed by atoms with Gasteiger partial charge in [-0.2, -0.15) is 0 Å². The van der Waals surface area contributed by atoms with E-state index in [0.717, 1.165) is 17.9 Å². The fraction of sp³-hybridized carbons (Fsp3) is 0.647. The maximum atomic E-state index is 9.91. The summed E-state index contributed by atoms with van der Waals surface area (Å²) in [5.41, 5.74) is 0.705. The Kier molecular flexibility index (Phi) is 6.99. The van der Waals surface area contributed by atoms with Crippen LogP contribution in [0.15, 0.2) is 24.3 Å². The van der Waals surface area contributed by atoms with E-state index in [4.69, 9.17) is 9.47 Å². The molecule has 0 heterocycles. The molecule has 0 aromatic heterocycles. The number of anilines is 1. The number of aliphatic hydroxyl groups excluding tert-OH is 1. The van der Waals surface area contributed by atoms with Gasteiger partial charge in [-0.15, -0.1) is 0 Å². The van der Waals surface area contributed by atoms with Crippen LogP contribution in [0.2, 0.25) is 0 Å². The number of aliphatic hydroxyl groups is 1. The Morgan fingerprint density at radius 3 is 2.62 bits per heavy atom. The van der Waals surface area contributed by atoms with Gasteiger partial charge in [-0.1, -0.05) is 13.0 Å². The molecule has 2 N–H and O–H groups in total. The third-order valence-electron chi connectivity index (χ3n) is 3.00. The molecular weight excluding hydrogens is 266 g/mol. The van der Waals surface area contributed by atoms with Crippen LogP contribution in [0.3, 0.4) is 0 Å². The van der Waals surface area contributed by atoms with Crippen molar-refractivity contribution in [3.8, 4) is 5.75 Å². The Bertz CT molecular complexity index is 415. The first-order valence-corrected chi connectivity index (χ1v) is 7.62. The number of nitrogens with one attached hydrogen (secondary N) is 1. The first kappa shape index (κ1) is 17.8. The SMILES string of the molecule is CCC(C)Oc1cccc(NCC(O)COC(C)(C)C)c1. The van der Waals surface area contributed by atoms with E-state index >= 15 is 0 Å². The second-order valence-corrected chi connectivity index (χ2v) is 6.32. The summed E-state index contributed by atoms with van der Waals surface area (Å²) in [6.07, 6.45) is 0.634. The highest BCUT2D eigenvalue weighted by atomic mass is 16.5. The van der Waals surface area contributed by atoms with Crippen molar-refractivity contribution in [3.05, 3.63) is 24.3 Å². The second-order valence-electron chi connectivity index (χ2n) is 6.32. The van der Waals surface area contributed by atoms with Gasteiger partial charge in [0.2, 0.25) is 0 Å². The lowest BCUT2D eigenvalue weighted by atomic mass is 10.2. The van der Waals surface area contributed by atoms with Crippen LogP contribution in [-0.4, -0.2) is 36.1 Å². The highest BCUT2D eigenvalue weighted by molar-refractivity contribution is 5.48. The van der Waals surface area contributed by atoms with Crippen molar-refractivity contribution in [1.29, 1.82) is 0 Å². The van der Waals surface area contributed by atoms with Crippen molar-refractivity contribution < 1.29 is 14.6 Å². The molecule has 21 heavy (non-hydrogen) atoms. The van der Waals surface area contributed by atoms with Crippen molar-refractivity contribution in [2.24, 2.45) is 0 Å². The highest BCUT2D eigenvalue weighted by Crippen LogP contribution is 2.19. The largest absolute Gasteiger partial charge is 0.491 e. The van der Waals surface area contributed by atoms with Gasteiger partial charge in [0, 0.05) is 18.3 Å². The lowest BCUT2D eigenvalue weighted by Gasteiger charge is -2.22. The molecule has 0 saturated carbocycles. The zero-order valence-corrected chi connectivity index (χ0v) is 13.8. The third-order valence-corrected chi connectivity index (χ3v) is 3.00. The minimum absolute atomic E-state index is 0.200. The maximum Gasteiger partial charge on any atom is 0.121 e. The normalized spacial score (nSPS) is 14.6. The van der Waals surface area contributed by atoms with Crippen molar-refractivity contribution >= 4 is 5.69 Å². The monoisotopic (exact) mass is 295 g/mol. The van der Waals surface area contributed by atoms with Gasteiger partial charge < -0.3 is 19.9 Å². The molecule has 4 nitrogen and oxygen atoms in total. The molecule has 0 fully saturated rings. The highest BCUT2D eigenvalue weighted by Gasteiger charge is 2.13. The van der Waals surface area contributed by atoms with Gasteiger partial charge in [-0.25, -0.2) is 0 Å². The van der Waals surface area contributed by atoms with Gasteiger partial charge in [-0.3, -0.25) is 0 Å². The molecule has 0 amide bonds. The summed E-state index contributed by atoms with van der Waals surface area (Å²) in [5.74, 6) is 0.842. The first-order chi connectivity index (χ1) is 9.80. The molecular formula is C17H29NO3. The van der Waals surface area contributed by atoms with E-state index in [9.17, 15) is 5.11 Å². The molecule has 120 valence electrons. The van der Waals surface area contributed by atoms with Crippen LogP contribution in [0.4, 0.5) is 5.69 Å². The molecule has 0 bridgehead atoms. The predicted octanol–water partition coefficient (Wildman–Crippen LogP) is 3.45. The average molecular weight is 295 g/mol. The van der Waals surface area contributed by atoms with Crippen LogP contribution in [-0.2, 0) is 4.74 Å². The molecule has 2 unspecified atom stereocenters. The van der Waals surface area contributed by atoms with E-state index in [2.05, 4.69) is 12.2 Å². The summed E-state index contributed by atoms with van der Waals surface area (Å²) in [5, 5.41) is 13.1. The Labute approximate surface area is 128 Å². The molecule has 0 aliphatic carbocycles. The number of hydrogen-bond donors (Lipinski definition) is 2. The van der Waals surface area contributed by atoms with E-state index in [1.165, 1.54) is 0 Å². The smallest absolute Gasteiger partial charge is 0.121 e. The molecule has 1 aromatic rings. The Morgan fingerprint density at radius 1 is 1.29 bits per heavy atom. The van der Waals surface area contributed by atoms with Gasteiger partial charge in [0.05, 0.1) is 24.4 Å². The minimum Gasteiger partial charge on any atom is -0.491 e. The predicted molar refractivity (Wildman–Crippen MR) is 87.0 cm³/mol. The molecule has 0 aliphatic heterocycles. The van der Waals surface area contributed by atoms with E-state index in [-0.39, 0.29) is 11.7 Å². The standard InChI is InChI=1S/C17H29NO3/c1-6-13(2)21-16-9-7-8-14(10-16)18-11-15(19)12-20-17(3,4)5/h7-10,13,15,18-19H,6,11-12H2,1-5H3. The average Bonchev–Trinajstić information content (AvgIpc) is 2.42. The molecule has 4 heteroatoms. The topological polar surface area (TPSA) is 50.7 Å². The summed E-state index contributed by atoms with van der Waals surface area (Å²) in [6.45, 7) is 10.8. The molecule has 1 aromatic carbocycles. The van der Waals surface area contributed by atoms with Crippen LogP contribution < -0.4 is 10.1 Å². The van der Waals surface area contributed by atoms with Crippen molar-refractivity contribution in [2.75, 3.05) is 18.5 Å². The molecule has 0 saturated heterocycles. The number of rotatable bonds is 8. The van der Waals surface area contributed by atoms with Gasteiger partial charge in [0.1, 0.15) is 5.75 Å². The van der Waals surface area contributed by atoms with E-state index in [0.29, 0.717) is 13.2 Å². The lowest BCUT2D eigenvalue weighted by molar-refractivity contribution is -0.0449. The Balaban J connectivity index is 2.42. The summed E-state index contributed by atoms with van der Waals surface area (Å²) < 4.78 is 11.3. The van der Waals surface area contributed by atoms with Crippen LogP contribution >= 0.6 is 0 Å². The number of benzene rings is 1. The molecule has 0 aliphatic rings. The molecule has 1 rings (SSSR count). The van der Waals surface area contributed by atoms with Crippen LogP contribution in [0.25, 0.3) is 0 Å². The van der Waals surface area contributed by atoms with Crippen molar-refractivity contribution in [2.45, 2.75) is 58.8 Å². The summed E-state index contributed by atoms with van der Waals surface area (Å²) in [7, 11) is 0. The van der Waals surface area contributed by atoms with Gasteiger partial charge in [0.15, 0.2) is 0 Å². The summed E-state index contributed by atoms with van der Waals surface area (Å²) >= 11 is 0. The fourth-order valence-electron chi connectivity index (χ4n) is 1.64. The zero-order valence-electron chi connectivity index (χ0n) is 13.8. The van der Waals surface area contributed by atoms with Crippen molar-refractivity contribution in [1.82, 2.24) is 0 Å². The third kappa shape index (κ3) is 7.93. The number of hydrogen-bond acceptors (Lipinski definition) is 4. The fourth-order valence-corrected chi connectivity index (χ4v) is 1.64. The maximum absolute atomic E-state index is 9.91. The molecule has 0 radical (unpaired) electrons. The van der Waals surface area contributed by atoms with Crippen LogP contribution in [0.1, 0.15) is 41.0 Å². The van der Waals surface area contributed by atoms with Gasteiger partial charge in [0.25, 0.3) is 0 Å². The second kappa shape index (κ2) is 8.25. The number of ether oxygens (including phenoxy) is 2. The van der Waals surface area contributed by atoms with Gasteiger partial charge >= 0.3 is 0 Å². The zero-order chi connectivity index (χ0) is 15.9. The quantitative estimate of drug-likeness (QED) is 0.771. The lowest BCUT2D eigenvalue weighted by Crippen LogP contribution is -2.30. The van der Waals surface area contributed by atoms with Gasteiger partial charge in [-0.05, 0) is 46.2 Å². The minimum atomic E-state index is -0.539. The molecule has 0 spiro atoms. The molecule has 2 atom stereocenters. The summed E-state index contributed by atoms with van der Waals surface area (Å²) in [6, 6.07) is 7.79. The Morgan fingerprint density at radius 2 is 2.00 bits per heavy atom.